The molecule has 0 unspecified atom stereocenters. The molecule has 2 rings (SSSR count). The molecular formula is C11H13ClF3NO2S2. The molecule has 0 atom stereocenters. The highest BCUT2D eigenvalue weighted by atomic mass is 35.5. The van der Waals surface area contributed by atoms with Gasteiger partial charge < -0.3 is 0 Å². The van der Waals surface area contributed by atoms with Gasteiger partial charge in [0.25, 0.3) is 10.0 Å². The molecule has 114 valence electrons. The van der Waals surface area contributed by atoms with Crippen molar-refractivity contribution in [2.45, 2.75) is 29.1 Å². The van der Waals surface area contributed by atoms with Gasteiger partial charge in [0.2, 0.25) is 0 Å². The minimum absolute atomic E-state index is 0.0966. The van der Waals surface area contributed by atoms with Crippen molar-refractivity contribution in [3.05, 3.63) is 17.0 Å². The van der Waals surface area contributed by atoms with E-state index in [1.807, 2.05) is 0 Å². The Bertz CT molecular complexity index is 562. The summed E-state index contributed by atoms with van der Waals surface area (Å²) in [7, 11) is -3.69. The normalized spacial score (nSPS) is 19.4. The molecule has 0 aromatic carbocycles. The van der Waals surface area contributed by atoms with Gasteiger partial charge in [0.1, 0.15) is 4.21 Å². The van der Waals surface area contributed by atoms with E-state index in [9.17, 15) is 21.6 Å². The topological polar surface area (TPSA) is 37.4 Å². The molecule has 2 heterocycles. The maximum atomic E-state index is 12.6. The summed E-state index contributed by atoms with van der Waals surface area (Å²) in [6, 6.07) is 3.07. The molecule has 0 radical (unpaired) electrons. The number of nitrogens with zero attached hydrogens (tertiary/aromatic N) is 1. The van der Waals surface area contributed by atoms with Crippen LogP contribution in [0.1, 0.15) is 17.7 Å². The van der Waals surface area contributed by atoms with Crippen molar-refractivity contribution in [1.29, 1.82) is 0 Å². The van der Waals surface area contributed by atoms with Gasteiger partial charge in [0.15, 0.2) is 0 Å². The average Bonchev–Trinajstić information content (AvgIpc) is 2.87. The molecule has 1 aliphatic heterocycles. The van der Waals surface area contributed by atoms with Crippen LogP contribution in [0.2, 0.25) is 0 Å². The van der Waals surface area contributed by atoms with Crippen molar-refractivity contribution in [2.24, 2.45) is 5.92 Å². The van der Waals surface area contributed by atoms with Crippen LogP contribution in [0.4, 0.5) is 13.2 Å². The van der Waals surface area contributed by atoms with Gasteiger partial charge in [-0.2, -0.15) is 17.5 Å². The summed E-state index contributed by atoms with van der Waals surface area (Å²) in [5, 5.41) is 0. The van der Waals surface area contributed by atoms with Crippen molar-refractivity contribution in [3.63, 3.8) is 0 Å². The Kier molecular flexibility index (Phi) is 4.68. The molecule has 1 aromatic heterocycles. The lowest BCUT2D eigenvalue weighted by atomic mass is 9.98. The summed E-state index contributed by atoms with van der Waals surface area (Å²) < 4.78 is 63.5. The third-order valence-corrected chi connectivity index (χ3v) is 7.18. The van der Waals surface area contributed by atoms with Crippen molar-refractivity contribution in [1.82, 2.24) is 4.31 Å². The first kappa shape index (κ1) is 16.1. The van der Waals surface area contributed by atoms with Crippen LogP contribution >= 0.6 is 22.9 Å². The molecule has 0 spiro atoms. The van der Waals surface area contributed by atoms with Crippen LogP contribution in [0, 0.1) is 5.92 Å². The summed E-state index contributed by atoms with van der Waals surface area (Å²) in [5.74, 6) is -1.19. The van der Waals surface area contributed by atoms with Crippen LogP contribution < -0.4 is 0 Å². The van der Waals surface area contributed by atoms with Crippen molar-refractivity contribution >= 4 is 33.0 Å². The van der Waals surface area contributed by atoms with E-state index in [1.165, 1.54) is 6.07 Å². The third kappa shape index (κ3) is 3.29. The Morgan fingerprint density at radius 3 is 2.35 bits per heavy atom. The summed E-state index contributed by atoms with van der Waals surface area (Å²) in [5.41, 5.74) is 0. The van der Waals surface area contributed by atoms with Crippen LogP contribution in [-0.2, 0) is 15.9 Å². The lowest BCUT2D eigenvalue weighted by molar-refractivity contribution is -0.182. The number of alkyl halides is 4. The first-order valence-corrected chi connectivity index (χ1v) is 8.76. The van der Waals surface area contributed by atoms with Gasteiger partial charge in [-0.3, -0.25) is 0 Å². The summed E-state index contributed by atoms with van der Waals surface area (Å²) in [4.78, 5) is 0.718. The van der Waals surface area contributed by atoms with E-state index in [4.69, 9.17) is 11.6 Å². The fourth-order valence-electron chi connectivity index (χ4n) is 2.12. The van der Waals surface area contributed by atoms with Gasteiger partial charge in [0, 0.05) is 18.0 Å². The summed E-state index contributed by atoms with van der Waals surface area (Å²) in [6.45, 7) is -0.193. The second-order valence-corrected chi connectivity index (χ2v) is 8.17. The number of hydrogen-bond donors (Lipinski definition) is 0. The zero-order chi connectivity index (χ0) is 15.0. The lowest BCUT2D eigenvalue weighted by Gasteiger charge is -2.31. The Balaban J connectivity index is 2.09. The third-order valence-electron chi connectivity index (χ3n) is 3.28. The first-order valence-electron chi connectivity index (χ1n) is 5.96. The standard InChI is InChI=1S/C11H13ClF3NO2S2/c12-7-9-1-2-10(19-9)20(17,18)16-5-3-8(4-6-16)11(13,14)15/h1-2,8H,3-7H2. The number of thiophene rings is 1. The first-order chi connectivity index (χ1) is 9.25. The molecule has 0 amide bonds. The van der Waals surface area contributed by atoms with Crippen LogP contribution in [-0.4, -0.2) is 32.0 Å². The largest absolute Gasteiger partial charge is 0.391 e. The fraction of sp³-hybridized carbons (Fsp3) is 0.636. The van der Waals surface area contributed by atoms with Crippen LogP contribution in [0.15, 0.2) is 16.3 Å². The molecule has 1 aliphatic rings. The number of sulfonamides is 1. The molecule has 9 heteroatoms. The minimum atomic E-state index is -4.25. The van der Waals surface area contributed by atoms with E-state index in [2.05, 4.69) is 0 Å². The molecule has 1 saturated heterocycles. The molecular weight excluding hydrogens is 335 g/mol. The van der Waals surface area contributed by atoms with E-state index in [0.29, 0.717) is 0 Å². The number of rotatable bonds is 3. The summed E-state index contributed by atoms with van der Waals surface area (Å²) in [6.07, 6.45) is -4.61. The minimum Gasteiger partial charge on any atom is -0.206 e. The lowest BCUT2D eigenvalue weighted by Crippen LogP contribution is -2.41. The maximum absolute atomic E-state index is 12.6. The van der Waals surface area contributed by atoms with E-state index in [-0.39, 0.29) is 36.0 Å². The zero-order valence-corrected chi connectivity index (χ0v) is 12.7. The Morgan fingerprint density at radius 2 is 1.90 bits per heavy atom. The van der Waals surface area contributed by atoms with E-state index < -0.39 is 22.1 Å². The molecule has 1 aromatic rings. The van der Waals surface area contributed by atoms with Gasteiger partial charge in [0.05, 0.1) is 11.8 Å². The predicted octanol–water partition coefficient (Wildman–Crippen LogP) is 3.45. The van der Waals surface area contributed by atoms with Crippen LogP contribution in [0.3, 0.4) is 0 Å². The van der Waals surface area contributed by atoms with Gasteiger partial charge in [-0.05, 0) is 25.0 Å². The van der Waals surface area contributed by atoms with Crippen molar-refractivity contribution in [3.8, 4) is 0 Å². The highest BCUT2D eigenvalue weighted by Crippen LogP contribution is 2.36. The fourth-order valence-corrected chi connectivity index (χ4v) is 5.20. The molecule has 0 N–H and O–H groups in total. The molecule has 0 aliphatic carbocycles. The Labute approximate surface area is 124 Å². The smallest absolute Gasteiger partial charge is 0.206 e. The Morgan fingerprint density at radius 1 is 1.30 bits per heavy atom. The van der Waals surface area contributed by atoms with Gasteiger partial charge >= 0.3 is 6.18 Å². The Hall–Kier alpha value is -0.310. The highest BCUT2D eigenvalue weighted by molar-refractivity contribution is 7.91. The average molecular weight is 348 g/mol. The SMILES string of the molecule is O=S(=O)(c1ccc(CCl)s1)N1CCC(C(F)(F)F)CC1. The number of hydrogen-bond acceptors (Lipinski definition) is 3. The van der Waals surface area contributed by atoms with Crippen LogP contribution in [0.5, 0.6) is 0 Å². The molecule has 3 nitrogen and oxygen atoms in total. The second kappa shape index (κ2) is 5.82. The molecule has 20 heavy (non-hydrogen) atoms. The zero-order valence-electron chi connectivity index (χ0n) is 10.4. The molecule has 0 saturated carbocycles. The van der Waals surface area contributed by atoms with Gasteiger partial charge in [-0.25, -0.2) is 8.42 Å². The van der Waals surface area contributed by atoms with Crippen LogP contribution in [0.25, 0.3) is 0 Å². The second-order valence-electron chi connectivity index (χ2n) is 4.57. The van der Waals surface area contributed by atoms with E-state index >= 15 is 0 Å². The van der Waals surface area contributed by atoms with Gasteiger partial charge in [-0.15, -0.1) is 22.9 Å². The van der Waals surface area contributed by atoms with Gasteiger partial charge in [-0.1, -0.05) is 0 Å². The van der Waals surface area contributed by atoms with Crippen molar-refractivity contribution < 1.29 is 21.6 Å². The number of piperidine rings is 1. The maximum Gasteiger partial charge on any atom is 0.391 e. The molecule has 0 bridgehead atoms. The highest BCUT2D eigenvalue weighted by Gasteiger charge is 2.43. The summed E-state index contributed by atoms with van der Waals surface area (Å²) >= 11 is 6.68. The van der Waals surface area contributed by atoms with Crippen molar-refractivity contribution in [2.75, 3.05) is 13.1 Å². The van der Waals surface area contributed by atoms with E-state index in [0.717, 1.165) is 20.5 Å². The molecule has 1 fully saturated rings. The predicted molar refractivity (Wildman–Crippen MR) is 71.4 cm³/mol. The number of halogens is 4. The van der Waals surface area contributed by atoms with E-state index in [1.54, 1.807) is 6.07 Å². The monoisotopic (exact) mass is 347 g/mol. The quantitative estimate of drug-likeness (QED) is 0.785.